The van der Waals surface area contributed by atoms with Crippen molar-refractivity contribution in [1.29, 1.82) is 0 Å². The first-order valence-electron chi connectivity index (χ1n) is 7.00. The molecule has 0 aliphatic rings. The molecule has 0 bridgehead atoms. The van der Waals surface area contributed by atoms with E-state index in [9.17, 15) is 8.78 Å². The maximum absolute atomic E-state index is 13.3. The average Bonchev–Trinajstić information content (AvgIpc) is 2.43. The minimum atomic E-state index is -0.260. The first kappa shape index (κ1) is 16.1. The summed E-state index contributed by atoms with van der Waals surface area (Å²) in [5.74, 6) is -0.476. The van der Waals surface area contributed by atoms with Crippen LogP contribution in [0.3, 0.4) is 0 Å². The molecule has 1 unspecified atom stereocenters. The van der Waals surface area contributed by atoms with Crippen molar-refractivity contribution >= 4 is 15.9 Å². The Kier molecular flexibility index (Phi) is 5.88. The molecular weight excluding hydrogens is 336 g/mol. The van der Waals surface area contributed by atoms with Crippen LogP contribution >= 0.6 is 15.9 Å². The molecule has 1 atom stereocenters. The second-order valence-electron chi connectivity index (χ2n) is 5.04. The van der Waals surface area contributed by atoms with Gasteiger partial charge in [0.1, 0.15) is 11.6 Å². The summed E-state index contributed by atoms with van der Waals surface area (Å²) >= 11 is 3.21. The smallest absolute Gasteiger partial charge is 0.137 e. The molecule has 2 aromatic rings. The molecule has 1 nitrogen and oxygen atoms in total. The van der Waals surface area contributed by atoms with Crippen molar-refractivity contribution in [2.75, 3.05) is 6.54 Å². The van der Waals surface area contributed by atoms with Crippen molar-refractivity contribution in [2.45, 2.75) is 25.8 Å². The predicted octanol–water partition coefficient (Wildman–Crippen LogP) is 4.49. The normalized spacial score (nSPS) is 12.4. The molecule has 0 spiro atoms. The van der Waals surface area contributed by atoms with Crippen LogP contribution in [-0.2, 0) is 12.8 Å². The summed E-state index contributed by atoms with van der Waals surface area (Å²) in [7, 11) is 0. The molecule has 0 saturated heterocycles. The maximum atomic E-state index is 13.3. The lowest BCUT2D eigenvalue weighted by Crippen LogP contribution is -2.33. The van der Waals surface area contributed by atoms with Gasteiger partial charge in [-0.05, 0) is 70.7 Å². The molecule has 21 heavy (non-hydrogen) atoms. The lowest BCUT2D eigenvalue weighted by molar-refractivity contribution is 0.518. The van der Waals surface area contributed by atoms with Crippen molar-refractivity contribution < 1.29 is 8.78 Å². The molecule has 4 heteroatoms. The van der Waals surface area contributed by atoms with E-state index >= 15 is 0 Å². The zero-order chi connectivity index (χ0) is 15.2. The van der Waals surface area contributed by atoms with Gasteiger partial charge in [-0.15, -0.1) is 0 Å². The molecule has 0 saturated carbocycles. The van der Waals surface area contributed by atoms with Crippen molar-refractivity contribution in [3.8, 4) is 0 Å². The molecule has 1 N–H and O–H groups in total. The number of rotatable bonds is 6. The number of likely N-dealkylation sites (N-methyl/N-ethyl adjacent to an activating group) is 1. The van der Waals surface area contributed by atoms with Crippen LogP contribution in [0.1, 0.15) is 18.1 Å². The van der Waals surface area contributed by atoms with E-state index in [2.05, 4.69) is 21.2 Å². The fourth-order valence-electron chi connectivity index (χ4n) is 2.40. The molecule has 0 fully saturated rings. The summed E-state index contributed by atoms with van der Waals surface area (Å²) in [5.41, 5.74) is 2.01. The van der Waals surface area contributed by atoms with E-state index < -0.39 is 0 Å². The molecule has 0 aliphatic heterocycles. The van der Waals surface area contributed by atoms with Crippen molar-refractivity contribution in [2.24, 2.45) is 0 Å². The van der Waals surface area contributed by atoms with Crippen LogP contribution in [0, 0.1) is 11.6 Å². The van der Waals surface area contributed by atoms with E-state index in [0.717, 1.165) is 30.5 Å². The molecule has 2 aromatic carbocycles. The van der Waals surface area contributed by atoms with Gasteiger partial charge in [-0.2, -0.15) is 0 Å². The molecule has 0 aliphatic carbocycles. The van der Waals surface area contributed by atoms with Crippen molar-refractivity contribution in [3.05, 3.63) is 69.7 Å². The summed E-state index contributed by atoms with van der Waals surface area (Å²) in [6.45, 7) is 2.88. The van der Waals surface area contributed by atoms with Gasteiger partial charge in [-0.3, -0.25) is 0 Å². The van der Waals surface area contributed by atoms with Gasteiger partial charge in [0, 0.05) is 6.04 Å². The Labute approximate surface area is 132 Å². The number of benzene rings is 2. The third kappa shape index (κ3) is 4.90. The van der Waals surface area contributed by atoms with Crippen LogP contribution in [0.4, 0.5) is 8.78 Å². The van der Waals surface area contributed by atoms with Crippen molar-refractivity contribution in [1.82, 2.24) is 5.32 Å². The van der Waals surface area contributed by atoms with E-state index in [1.807, 2.05) is 13.0 Å². The lowest BCUT2D eigenvalue weighted by Gasteiger charge is -2.18. The Morgan fingerprint density at radius 1 is 1.05 bits per heavy atom. The highest BCUT2D eigenvalue weighted by Gasteiger charge is 2.11. The SMILES string of the molecule is CCNC(Cc1cccc(F)c1)Cc1ccc(F)c(Br)c1. The van der Waals surface area contributed by atoms with Gasteiger partial charge in [0.25, 0.3) is 0 Å². The summed E-state index contributed by atoms with van der Waals surface area (Å²) in [6, 6.07) is 11.9. The summed E-state index contributed by atoms with van der Waals surface area (Å²) in [5, 5.41) is 3.40. The first-order chi connectivity index (χ1) is 10.1. The van der Waals surface area contributed by atoms with Gasteiger partial charge in [-0.25, -0.2) is 8.78 Å². The van der Waals surface area contributed by atoms with Crippen LogP contribution in [0.5, 0.6) is 0 Å². The molecule has 112 valence electrons. The standard InChI is InChI=1S/C17H18BrF2N/c1-2-21-15(9-12-4-3-5-14(19)8-12)10-13-6-7-17(20)16(18)11-13/h3-8,11,15,21H,2,9-10H2,1H3. The Morgan fingerprint density at radius 3 is 2.38 bits per heavy atom. The van der Waals surface area contributed by atoms with Crippen LogP contribution in [0.25, 0.3) is 0 Å². The first-order valence-corrected chi connectivity index (χ1v) is 7.79. The van der Waals surface area contributed by atoms with E-state index in [0.29, 0.717) is 4.47 Å². The second-order valence-corrected chi connectivity index (χ2v) is 5.90. The quantitative estimate of drug-likeness (QED) is 0.806. The Hall–Kier alpha value is -1.26. The minimum absolute atomic E-state index is 0.189. The molecule has 0 aromatic heterocycles. The van der Waals surface area contributed by atoms with Crippen molar-refractivity contribution in [3.63, 3.8) is 0 Å². The second kappa shape index (κ2) is 7.66. The van der Waals surface area contributed by atoms with Gasteiger partial charge in [0.15, 0.2) is 0 Å². The molecule has 0 heterocycles. The van der Waals surface area contributed by atoms with Gasteiger partial charge < -0.3 is 5.32 Å². The lowest BCUT2D eigenvalue weighted by atomic mass is 9.99. The Balaban J connectivity index is 2.09. The topological polar surface area (TPSA) is 12.0 Å². The molecule has 0 amide bonds. The van der Waals surface area contributed by atoms with Crippen LogP contribution in [-0.4, -0.2) is 12.6 Å². The average molecular weight is 354 g/mol. The third-order valence-corrected chi connectivity index (χ3v) is 3.94. The highest BCUT2D eigenvalue weighted by molar-refractivity contribution is 9.10. The Morgan fingerprint density at radius 2 is 1.76 bits per heavy atom. The van der Waals surface area contributed by atoms with E-state index in [1.165, 1.54) is 12.1 Å². The van der Waals surface area contributed by atoms with Crippen LogP contribution in [0.15, 0.2) is 46.9 Å². The Bertz CT molecular complexity index is 601. The minimum Gasteiger partial charge on any atom is -0.314 e. The van der Waals surface area contributed by atoms with Gasteiger partial charge >= 0.3 is 0 Å². The number of nitrogens with one attached hydrogen (secondary N) is 1. The summed E-state index contributed by atoms with van der Waals surface area (Å²) in [4.78, 5) is 0. The summed E-state index contributed by atoms with van der Waals surface area (Å²) < 4.78 is 27.0. The number of hydrogen-bond donors (Lipinski definition) is 1. The van der Waals surface area contributed by atoms with Gasteiger partial charge in [0.2, 0.25) is 0 Å². The zero-order valence-electron chi connectivity index (χ0n) is 11.9. The maximum Gasteiger partial charge on any atom is 0.137 e. The van der Waals surface area contributed by atoms with Crippen LogP contribution in [0.2, 0.25) is 0 Å². The van der Waals surface area contributed by atoms with E-state index in [1.54, 1.807) is 24.3 Å². The zero-order valence-corrected chi connectivity index (χ0v) is 13.5. The molecular formula is C17H18BrF2N. The fraction of sp³-hybridized carbons (Fsp3) is 0.294. The van der Waals surface area contributed by atoms with Crippen LogP contribution < -0.4 is 5.32 Å². The number of halogens is 3. The van der Waals surface area contributed by atoms with Gasteiger partial charge in [0.05, 0.1) is 4.47 Å². The summed E-state index contributed by atoms with van der Waals surface area (Å²) in [6.07, 6.45) is 1.50. The highest BCUT2D eigenvalue weighted by atomic mass is 79.9. The molecule has 2 rings (SSSR count). The van der Waals surface area contributed by atoms with Gasteiger partial charge in [-0.1, -0.05) is 25.1 Å². The monoisotopic (exact) mass is 353 g/mol. The largest absolute Gasteiger partial charge is 0.314 e. The third-order valence-electron chi connectivity index (χ3n) is 3.33. The van der Waals surface area contributed by atoms with E-state index in [4.69, 9.17) is 0 Å². The predicted molar refractivity (Wildman–Crippen MR) is 85.4 cm³/mol. The fourth-order valence-corrected chi connectivity index (χ4v) is 2.83. The molecule has 0 radical (unpaired) electrons. The van der Waals surface area contributed by atoms with E-state index in [-0.39, 0.29) is 17.7 Å². The number of hydrogen-bond acceptors (Lipinski definition) is 1. The highest BCUT2D eigenvalue weighted by Crippen LogP contribution is 2.18.